The van der Waals surface area contributed by atoms with Crippen LogP contribution in [0.2, 0.25) is 0 Å². The smallest absolute Gasteiger partial charge is 0.253 e. The van der Waals surface area contributed by atoms with E-state index in [9.17, 15) is 17.6 Å². The van der Waals surface area contributed by atoms with E-state index in [4.69, 9.17) is 11.6 Å². The number of aryl methyl sites for hydroxylation is 1. The molecule has 2 rings (SSSR count). The summed E-state index contributed by atoms with van der Waals surface area (Å²) in [5, 5.41) is 0. The molecule has 0 spiro atoms. The van der Waals surface area contributed by atoms with E-state index < -0.39 is 17.6 Å². The topological polar surface area (TPSA) is 12.9 Å². The maximum absolute atomic E-state index is 13.5. The first-order valence-corrected chi connectivity index (χ1v) is 6.26. The van der Waals surface area contributed by atoms with Gasteiger partial charge in [0.2, 0.25) is 0 Å². The summed E-state index contributed by atoms with van der Waals surface area (Å²) in [6, 6.07) is 6.09. The van der Waals surface area contributed by atoms with Crippen molar-refractivity contribution in [3.8, 4) is 11.3 Å². The Bertz CT molecular complexity index is 638. The Morgan fingerprint density at radius 1 is 1.15 bits per heavy atom. The maximum Gasteiger partial charge on any atom is 0.419 e. The first-order valence-electron chi connectivity index (χ1n) is 5.72. The molecule has 0 aliphatic rings. The van der Waals surface area contributed by atoms with Crippen LogP contribution in [-0.4, -0.2) is 4.98 Å². The van der Waals surface area contributed by atoms with Crippen molar-refractivity contribution in [2.75, 3.05) is 0 Å². The minimum Gasteiger partial charge on any atom is -0.253 e. The molecule has 0 bridgehead atoms. The zero-order valence-electron chi connectivity index (χ0n) is 10.4. The fourth-order valence-corrected chi connectivity index (χ4v) is 2.08. The molecule has 0 aliphatic carbocycles. The average Bonchev–Trinajstić information content (AvgIpc) is 2.37. The van der Waals surface area contributed by atoms with Crippen LogP contribution in [0.3, 0.4) is 0 Å². The zero-order chi connectivity index (χ0) is 14.9. The highest BCUT2D eigenvalue weighted by Gasteiger charge is 2.33. The van der Waals surface area contributed by atoms with Gasteiger partial charge in [-0.25, -0.2) is 4.39 Å². The Morgan fingerprint density at radius 3 is 2.35 bits per heavy atom. The van der Waals surface area contributed by atoms with E-state index in [1.807, 2.05) is 0 Å². The number of pyridine rings is 1. The van der Waals surface area contributed by atoms with Gasteiger partial charge in [-0.15, -0.1) is 11.6 Å². The number of aromatic nitrogens is 1. The number of hydrogen-bond donors (Lipinski definition) is 0. The van der Waals surface area contributed by atoms with Gasteiger partial charge in [0.1, 0.15) is 5.82 Å². The van der Waals surface area contributed by atoms with Gasteiger partial charge >= 0.3 is 6.18 Å². The van der Waals surface area contributed by atoms with Crippen molar-refractivity contribution >= 4 is 11.6 Å². The molecule has 106 valence electrons. The van der Waals surface area contributed by atoms with E-state index in [0.29, 0.717) is 22.8 Å². The largest absolute Gasteiger partial charge is 0.419 e. The van der Waals surface area contributed by atoms with E-state index >= 15 is 0 Å². The summed E-state index contributed by atoms with van der Waals surface area (Å²) in [7, 11) is 0. The predicted octanol–water partition coefficient (Wildman–Crippen LogP) is 4.95. The van der Waals surface area contributed by atoms with Crippen molar-refractivity contribution in [2.24, 2.45) is 0 Å². The van der Waals surface area contributed by atoms with Crippen molar-refractivity contribution in [1.82, 2.24) is 4.98 Å². The van der Waals surface area contributed by atoms with Gasteiger partial charge in [0, 0.05) is 17.1 Å². The highest BCUT2D eigenvalue weighted by molar-refractivity contribution is 6.17. The Kier molecular flexibility index (Phi) is 3.99. The van der Waals surface area contributed by atoms with Gasteiger partial charge in [0.15, 0.2) is 0 Å². The Hall–Kier alpha value is -1.62. The van der Waals surface area contributed by atoms with Crippen molar-refractivity contribution in [3.63, 3.8) is 0 Å². The quantitative estimate of drug-likeness (QED) is 0.565. The molecule has 0 radical (unpaired) electrons. The van der Waals surface area contributed by atoms with Crippen LogP contribution >= 0.6 is 11.6 Å². The zero-order valence-corrected chi connectivity index (χ0v) is 11.2. The van der Waals surface area contributed by atoms with Gasteiger partial charge in [-0.2, -0.15) is 13.2 Å². The van der Waals surface area contributed by atoms with Gasteiger partial charge in [0.05, 0.1) is 11.3 Å². The van der Waals surface area contributed by atoms with Crippen LogP contribution < -0.4 is 0 Å². The summed E-state index contributed by atoms with van der Waals surface area (Å²) in [6.07, 6.45) is -4.70. The number of alkyl halides is 4. The molecule has 1 aromatic carbocycles. The SMILES string of the molecule is Cc1nc(-c2ccc(C(F)(F)F)c(F)c2)ccc1CCl. The molecular weight excluding hydrogens is 294 g/mol. The van der Waals surface area contributed by atoms with Gasteiger partial charge in [-0.1, -0.05) is 12.1 Å². The van der Waals surface area contributed by atoms with Crippen LogP contribution in [0.1, 0.15) is 16.8 Å². The van der Waals surface area contributed by atoms with E-state index in [0.717, 1.165) is 17.7 Å². The molecule has 1 heterocycles. The molecule has 0 saturated heterocycles. The van der Waals surface area contributed by atoms with Crippen LogP contribution in [0.4, 0.5) is 17.6 Å². The molecule has 1 aromatic heterocycles. The fourth-order valence-electron chi connectivity index (χ4n) is 1.80. The van der Waals surface area contributed by atoms with Crippen LogP contribution in [-0.2, 0) is 12.1 Å². The van der Waals surface area contributed by atoms with Crippen molar-refractivity contribution < 1.29 is 17.6 Å². The molecule has 0 amide bonds. The van der Waals surface area contributed by atoms with E-state index in [-0.39, 0.29) is 0 Å². The molecule has 0 fully saturated rings. The van der Waals surface area contributed by atoms with Gasteiger partial charge in [-0.3, -0.25) is 4.98 Å². The lowest BCUT2D eigenvalue weighted by atomic mass is 10.1. The number of nitrogens with zero attached hydrogens (tertiary/aromatic N) is 1. The third-order valence-electron chi connectivity index (χ3n) is 2.91. The summed E-state index contributed by atoms with van der Waals surface area (Å²) >= 11 is 5.70. The third-order valence-corrected chi connectivity index (χ3v) is 3.20. The fraction of sp³-hybridized carbons (Fsp3) is 0.214. The highest BCUT2D eigenvalue weighted by atomic mass is 35.5. The molecule has 2 aromatic rings. The number of hydrogen-bond acceptors (Lipinski definition) is 1. The van der Waals surface area contributed by atoms with Gasteiger partial charge in [-0.05, 0) is 30.7 Å². The van der Waals surface area contributed by atoms with Crippen molar-refractivity contribution in [3.05, 3.63) is 53.0 Å². The second-order valence-electron chi connectivity index (χ2n) is 4.27. The summed E-state index contributed by atoms with van der Waals surface area (Å²) in [5.74, 6) is -1.02. The molecule has 0 atom stereocenters. The lowest BCUT2D eigenvalue weighted by Gasteiger charge is -2.10. The number of benzene rings is 1. The van der Waals surface area contributed by atoms with E-state index in [1.54, 1.807) is 19.1 Å². The first-order chi connectivity index (χ1) is 9.32. The predicted molar refractivity (Wildman–Crippen MR) is 68.9 cm³/mol. The van der Waals surface area contributed by atoms with E-state index in [1.165, 1.54) is 6.07 Å². The number of halogens is 5. The highest BCUT2D eigenvalue weighted by Crippen LogP contribution is 2.33. The first kappa shape index (κ1) is 14.8. The van der Waals surface area contributed by atoms with Crippen LogP contribution in [0.25, 0.3) is 11.3 Å². The molecule has 0 unspecified atom stereocenters. The van der Waals surface area contributed by atoms with Gasteiger partial charge in [0.25, 0.3) is 0 Å². The molecular formula is C14H10ClF4N. The van der Waals surface area contributed by atoms with Gasteiger partial charge < -0.3 is 0 Å². The summed E-state index contributed by atoms with van der Waals surface area (Å²) in [6.45, 7) is 1.74. The van der Waals surface area contributed by atoms with Crippen LogP contribution in [0.5, 0.6) is 0 Å². The normalized spacial score (nSPS) is 11.7. The Balaban J connectivity index is 2.44. The second-order valence-corrected chi connectivity index (χ2v) is 4.53. The van der Waals surface area contributed by atoms with Crippen molar-refractivity contribution in [1.29, 1.82) is 0 Å². The minimum atomic E-state index is -4.70. The minimum absolute atomic E-state index is 0.291. The monoisotopic (exact) mass is 303 g/mol. The molecule has 0 N–H and O–H groups in total. The maximum atomic E-state index is 13.5. The van der Waals surface area contributed by atoms with Crippen molar-refractivity contribution in [2.45, 2.75) is 19.0 Å². The average molecular weight is 304 g/mol. The Labute approximate surface area is 118 Å². The molecule has 0 saturated carbocycles. The standard InChI is InChI=1S/C14H10ClF4N/c1-8-10(7-15)3-5-13(20-8)9-2-4-11(12(16)6-9)14(17,18)19/h2-6H,7H2,1H3. The molecule has 20 heavy (non-hydrogen) atoms. The summed E-state index contributed by atoms with van der Waals surface area (Å²) in [5.41, 5.74) is 0.902. The molecule has 1 nitrogen and oxygen atoms in total. The summed E-state index contributed by atoms with van der Waals surface area (Å²) in [4.78, 5) is 4.21. The molecule has 6 heteroatoms. The van der Waals surface area contributed by atoms with Crippen LogP contribution in [0.15, 0.2) is 30.3 Å². The third kappa shape index (κ3) is 2.93. The van der Waals surface area contributed by atoms with Crippen LogP contribution in [0, 0.1) is 12.7 Å². The number of rotatable bonds is 2. The lowest BCUT2D eigenvalue weighted by molar-refractivity contribution is -0.139. The second kappa shape index (κ2) is 5.40. The summed E-state index contributed by atoms with van der Waals surface area (Å²) < 4.78 is 50.9. The van der Waals surface area contributed by atoms with E-state index in [2.05, 4.69) is 4.98 Å². The molecule has 0 aliphatic heterocycles. The lowest BCUT2D eigenvalue weighted by Crippen LogP contribution is -2.08. The Morgan fingerprint density at radius 2 is 1.85 bits per heavy atom.